The van der Waals surface area contributed by atoms with Crippen LogP contribution in [0.5, 0.6) is 0 Å². The van der Waals surface area contributed by atoms with Gasteiger partial charge in [0.2, 0.25) is 0 Å². The van der Waals surface area contributed by atoms with Gasteiger partial charge in [-0.15, -0.1) is 0 Å². The third-order valence-corrected chi connectivity index (χ3v) is 5.13. The van der Waals surface area contributed by atoms with Crippen molar-refractivity contribution < 1.29 is 4.79 Å². The Morgan fingerprint density at radius 1 is 0.966 bits per heavy atom. The first-order valence-electron chi connectivity index (χ1n) is 8.66. The van der Waals surface area contributed by atoms with E-state index in [1.807, 2.05) is 6.92 Å². The molecule has 4 nitrogen and oxygen atoms in total. The van der Waals surface area contributed by atoms with Gasteiger partial charge in [-0.2, -0.15) is 5.26 Å². The smallest absolute Gasteiger partial charge is 0.308 e. The number of anilines is 2. The van der Waals surface area contributed by atoms with Gasteiger partial charge in [0.25, 0.3) is 0 Å². The zero-order valence-corrected chi connectivity index (χ0v) is 17.6. The molecule has 0 fully saturated rings. The minimum absolute atomic E-state index is 0.384. The van der Waals surface area contributed by atoms with Crippen LogP contribution >= 0.6 is 34.8 Å². The van der Waals surface area contributed by atoms with Crippen LogP contribution in [0.15, 0.2) is 60.7 Å². The van der Waals surface area contributed by atoms with Crippen LogP contribution in [0.25, 0.3) is 0 Å². The molecule has 0 aliphatic carbocycles. The Morgan fingerprint density at radius 2 is 1.69 bits per heavy atom. The fourth-order valence-electron chi connectivity index (χ4n) is 2.89. The minimum Gasteiger partial charge on any atom is -0.308 e. The van der Waals surface area contributed by atoms with Crippen molar-refractivity contribution in [2.24, 2.45) is 0 Å². The van der Waals surface area contributed by atoms with Crippen LogP contribution in [0.1, 0.15) is 22.6 Å². The number of carbonyl (C=O) groups is 1. The molecular formula is C22H16Cl3N3O. The highest BCUT2D eigenvalue weighted by molar-refractivity contribution is 6.32. The quantitative estimate of drug-likeness (QED) is 0.445. The number of nitriles is 1. The zero-order valence-electron chi connectivity index (χ0n) is 15.3. The van der Waals surface area contributed by atoms with Crippen LogP contribution < -0.4 is 10.6 Å². The molecule has 0 saturated heterocycles. The molecule has 0 radical (unpaired) electrons. The van der Waals surface area contributed by atoms with Crippen LogP contribution in [0.4, 0.5) is 16.2 Å². The van der Waals surface area contributed by atoms with Gasteiger partial charge in [0, 0.05) is 26.4 Å². The lowest BCUT2D eigenvalue weighted by atomic mass is 9.91. The number of hydrogen-bond acceptors (Lipinski definition) is 2. The second kappa shape index (κ2) is 9.19. The predicted octanol–water partition coefficient (Wildman–Crippen LogP) is 7.25. The molecule has 3 aromatic carbocycles. The number of hydrogen-bond donors (Lipinski definition) is 2. The van der Waals surface area contributed by atoms with Gasteiger partial charge in [0.15, 0.2) is 0 Å². The van der Waals surface area contributed by atoms with Crippen molar-refractivity contribution in [3.63, 3.8) is 0 Å². The lowest BCUT2D eigenvalue weighted by molar-refractivity contribution is 0.262. The van der Waals surface area contributed by atoms with Gasteiger partial charge in [-0.3, -0.25) is 0 Å². The van der Waals surface area contributed by atoms with Crippen molar-refractivity contribution in [2.75, 3.05) is 10.6 Å². The van der Waals surface area contributed by atoms with E-state index in [1.165, 1.54) is 0 Å². The molecule has 0 unspecified atom stereocenters. The molecule has 7 heteroatoms. The molecule has 0 heterocycles. The first-order chi connectivity index (χ1) is 13.9. The van der Waals surface area contributed by atoms with Gasteiger partial charge >= 0.3 is 6.03 Å². The summed E-state index contributed by atoms with van der Waals surface area (Å²) in [6.45, 7) is 1.84. The van der Waals surface area contributed by atoms with Crippen molar-refractivity contribution in [2.45, 2.75) is 12.8 Å². The maximum absolute atomic E-state index is 12.3. The summed E-state index contributed by atoms with van der Waals surface area (Å²) in [5, 5.41) is 16.7. The van der Waals surface area contributed by atoms with Crippen LogP contribution in [0.3, 0.4) is 0 Å². The third-order valence-electron chi connectivity index (χ3n) is 4.32. The van der Waals surface area contributed by atoms with Crippen LogP contribution in [-0.4, -0.2) is 6.03 Å². The van der Waals surface area contributed by atoms with Crippen LogP contribution in [-0.2, 0) is 0 Å². The van der Waals surface area contributed by atoms with Gasteiger partial charge in [-0.1, -0.05) is 59.1 Å². The predicted molar refractivity (Wildman–Crippen MR) is 119 cm³/mol. The number of aryl methyl sites for hydroxylation is 1. The number of nitrogens with zero attached hydrogens (tertiary/aromatic N) is 1. The van der Waals surface area contributed by atoms with E-state index in [4.69, 9.17) is 34.8 Å². The maximum atomic E-state index is 12.3. The Kier molecular flexibility index (Phi) is 6.66. The molecule has 0 aliphatic rings. The Labute approximate surface area is 184 Å². The van der Waals surface area contributed by atoms with Crippen LogP contribution in [0.2, 0.25) is 15.1 Å². The van der Waals surface area contributed by atoms with E-state index < -0.39 is 11.9 Å². The molecule has 1 atom stereocenters. The number of amides is 2. The molecular weight excluding hydrogens is 429 g/mol. The molecule has 0 aliphatic heterocycles. The van der Waals surface area contributed by atoms with Gasteiger partial charge in [0.05, 0.1) is 12.0 Å². The van der Waals surface area contributed by atoms with Crippen molar-refractivity contribution in [1.29, 1.82) is 5.26 Å². The summed E-state index contributed by atoms with van der Waals surface area (Å²) < 4.78 is 0. The fraction of sp³-hybridized carbons (Fsp3) is 0.0909. The second-order valence-electron chi connectivity index (χ2n) is 6.39. The Hall–Kier alpha value is -2.71. The Bertz CT molecular complexity index is 1090. The summed E-state index contributed by atoms with van der Waals surface area (Å²) in [6, 6.07) is 19.2. The molecule has 3 rings (SSSR count). The van der Waals surface area contributed by atoms with E-state index in [-0.39, 0.29) is 0 Å². The maximum Gasteiger partial charge on any atom is 0.323 e. The second-order valence-corrected chi connectivity index (χ2v) is 7.67. The molecule has 0 bridgehead atoms. The van der Waals surface area contributed by atoms with Crippen molar-refractivity contribution in [3.05, 3.63) is 92.4 Å². The lowest BCUT2D eigenvalue weighted by Gasteiger charge is -2.16. The molecule has 0 saturated carbocycles. The minimum atomic E-state index is -0.548. The van der Waals surface area contributed by atoms with E-state index in [1.54, 1.807) is 60.7 Å². The highest BCUT2D eigenvalue weighted by Crippen LogP contribution is 2.34. The highest BCUT2D eigenvalue weighted by Gasteiger charge is 2.19. The van der Waals surface area contributed by atoms with Crippen LogP contribution in [0, 0.1) is 18.3 Å². The van der Waals surface area contributed by atoms with E-state index in [0.29, 0.717) is 32.0 Å². The number of halogens is 3. The largest absolute Gasteiger partial charge is 0.323 e. The van der Waals surface area contributed by atoms with E-state index in [0.717, 1.165) is 11.1 Å². The number of rotatable bonds is 4. The van der Waals surface area contributed by atoms with Crippen molar-refractivity contribution in [1.82, 2.24) is 0 Å². The molecule has 29 heavy (non-hydrogen) atoms. The summed E-state index contributed by atoms with van der Waals surface area (Å²) >= 11 is 18.3. The first-order valence-corrected chi connectivity index (χ1v) is 9.79. The van der Waals surface area contributed by atoms with Gasteiger partial charge < -0.3 is 10.6 Å². The standard InChI is InChI=1S/C22H16Cl3N3O/c1-13-9-18(19(12-26)14-5-7-15(23)8-6-14)20(25)11-21(13)28-22(29)27-17-4-2-3-16(24)10-17/h2-11,19H,1H3,(H2,27,28,29)/t19-/m1/s1. The summed E-state index contributed by atoms with van der Waals surface area (Å²) in [4.78, 5) is 12.3. The molecule has 3 aromatic rings. The summed E-state index contributed by atoms with van der Waals surface area (Å²) in [5.41, 5.74) is 3.35. The fourth-order valence-corrected chi connectivity index (χ4v) is 3.48. The summed E-state index contributed by atoms with van der Waals surface area (Å²) in [6.07, 6.45) is 0. The van der Waals surface area contributed by atoms with E-state index >= 15 is 0 Å². The molecule has 2 amide bonds. The molecule has 0 spiro atoms. The molecule has 2 N–H and O–H groups in total. The average molecular weight is 445 g/mol. The summed E-state index contributed by atoms with van der Waals surface area (Å²) in [7, 11) is 0. The number of nitrogens with one attached hydrogen (secondary N) is 2. The zero-order chi connectivity index (χ0) is 21.0. The Morgan fingerprint density at radius 3 is 2.34 bits per heavy atom. The summed E-state index contributed by atoms with van der Waals surface area (Å²) in [5.74, 6) is -0.548. The highest BCUT2D eigenvalue weighted by atomic mass is 35.5. The Balaban J connectivity index is 1.82. The molecule has 0 aromatic heterocycles. The van der Waals surface area contributed by atoms with E-state index in [2.05, 4.69) is 16.7 Å². The van der Waals surface area contributed by atoms with Gasteiger partial charge in [-0.25, -0.2) is 4.79 Å². The SMILES string of the molecule is Cc1cc([C@H](C#N)c2ccc(Cl)cc2)c(Cl)cc1NC(=O)Nc1cccc(Cl)c1. The normalized spacial score (nSPS) is 11.4. The number of carbonyl (C=O) groups excluding carboxylic acids is 1. The van der Waals surface area contributed by atoms with Gasteiger partial charge in [-0.05, 0) is 60.0 Å². The third kappa shape index (κ3) is 5.21. The van der Waals surface area contributed by atoms with Crippen molar-refractivity contribution >= 4 is 52.2 Å². The average Bonchev–Trinajstić information content (AvgIpc) is 2.67. The topological polar surface area (TPSA) is 64.9 Å². The lowest BCUT2D eigenvalue weighted by Crippen LogP contribution is -2.20. The van der Waals surface area contributed by atoms with E-state index in [9.17, 15) is 10.1 Å². The van der Waals surface area contributed by atoms with Crippen molar-refractivity contribution in [3.8, 4) is 6.07 Å². The number of benzene rings is 3. The number of urea groups is 1. The van der Waals surface area contributed by atoms with Gasteiger partial charge in [0.1, 0.15) is 0 Å². The monoisotopic (exact) mass is 443 g/mol. The molecule has 146 valence electrons. The first kappa shape index (κ1) is 21.0.